The highest BCUT2D eigenvalue weighted by molar-refractivity contribution is 6.33. The van der Waals surface area contributed by atoms with Crippen LogP contribution in [0.3, 0.4) is 0 Å². The molecule has 0 aliphatic carbocycles. The Morgan fingerprint density at radius 2 is 2.13 bits per heavy atom. The maximum Gasteiger partial charge on any atom is 0.0762 e. The zero-order chi connectivity index (χ0) is 11.4. The number of benzene rings is 1. The molecule has 0 bridgehead atoms. The van der Waals surface area contributed by atoms with Crippen molar-refractivity contribution in [2.75, 3.05) is 25.1 Å². The molecule has 84 valence electrons. The largest absolute Gasteiger partial charge is 0.395 e. The summed E-state index contributed by atoms with van der Waals surface area (Å²) in [6.45, 7) is 2.32. The average Bonchev–Trinajstić information content (AvgIpc) is 2.17. The summed E-state index contributed by atoms with van der Waals surface area (Å²) < 4.78 is 0. The van der Waals surface area contributed by atoms with Gasteiger partial charge < -0.3 is 15.1 Å². The lowest BCUT2D eigenvalue weighted by Crippen LogP contribution is -2.21. The summed E-state index contributed by atoms with van der Waals surface area (Å²) in [4.78, 5) is 1.87. The molecule has 0 saturated carbocycles. The molecule has 0 fully saturated rings. The summed E-state index contributed by atoms with van der Waals surface area (Å²) in [5, 5.41) is 18.8. The quantitative estimate of drug-likeness (QED) is 0.828. The fraction of sp³-hybridized carbons (Fsp3) is 0.455. The molecule has 0 aromatic heterocycles. The Labute approximate surface area is 94.9 Å². The summed E-state index contributed by atoms with van der Waals surface area (Å²) >= 11 is 6.07. The van der Waals surface area contributed by atoms with Crippen molar-refractivity contribution in [1.29, 1.82) is 0 Å². The van der Waals surface area contributed by atoms with E-state index in [0.29, 0.717) is 11.6 Å². The van der Waals surface area contributed by atoms with Crippen LogP contribution in [-0.4, -0.2) is 30.4 Å². The van der Waals surface area contributed by atoms with Gasteiger partial charge in [-0.05, 0) is 24.6 Å². The van der Waals surface area contributed by atoms with Crippen molar-refractivity contribution in [3.8, 4) is 0 Å². The Morgan fingerprint density at radius 1 is 1.47 bits per heavy atom. The van der Waals surface area contributed by atoms with Crippen LogP contribution in [0.2, 0.25) is 5.02 Å². The molecular formula is C11H16ClNO2. The van der Waals surface area contributed by atoms with Crippen LogP contribution >= 0.6 is 11.6 Å². The molecule has 1 aromatic rings. The van der Waals surface area contributed by atoms with Gasteiger partial charge in [0.15, 0.2) is 0 Å². The minimum atomic E-state index is -0.514. The van der Waals surface area contributed by atoms with Crippen molar-refractivity contribution in [3.63, 3.8) is 0 Å². The number of likely N-dealkylation sites (N-methyl/N-ethyl adjacent to an activating group) is 1. The van der Waals surface area contributed by atoms with Crippen LogP contribution in [0.25, 0.3) is 0 Å². The summed E-state index contributed by atoms with van der Waals surface area (Å²) in [6.07, 6.45) is -0.514. The SMILES string of the molecule is CC(O)c1ccc(N(C)CCO)c(Cl)c1. The minimum Gasteiger partial charge on any atom is -0.395 e. The van der Waals surface area contributed by atoms with E-state index in [1.54, 1.807) is 13.0 Å². The lowest BCUT2D eigenvalue weighted by molar-refractivity contribution is 0.199. The van der Waals surface area contributed by atoms with E-state index in [-0.39, 0.29) is 6.61 Å². The van der Waals surface area contributed by atoms with Crippen molar-refractivity contribution < 1.29 is 10.2 Å². The smallest absolute Gasteiger partial charge is 0.0762 e. The van der Waals surface area contributed by atoms with Gasteiger partial charge in [-0.3, -0.25) is 0 Å². The standard InChI is InChI=1S/C11H16ClNO2/c1-8(15)9-3-4-11(10(12)7-9)13(2)5-6-14/h3-4,7-8,14-15H,5-6H2,1-2H3. The number of nitrogens with zero attached hydrogens (tertiary/aromatic N) is 1. The van der Waals surface area contributed by atoms with Crippen molar-refractivity contribution >= 4 is 17.3 Å². The minimum absolute atomic E-state index is 0.0883. The molecule has 2 N–H and O–H groups in total. The molecule has 0 aliphatic heterocycles. The van der Waals surface area contributed by atoms with Gasteiger partial charge in [0, 0.05) is 13.6 Å². The van der Waals surface area contributed by atoms with Gasteiger partial charge in [-0.15, -0.1) is 0 Å². The van der Waals surface area contributed by atoms with Crippen LogP contribution < -0.4 is 4.90 Å². The molecule has 0 spiro atoms. The summed E-state index contributed by atoms with van der Waals surface area (Å²) in [5.74, 6) is 0. The van der Waals surface area contributed by atoms with E-state index in [0.717, 1.165) is 11.3 Å². The second-order valence-corrected chi connectivity index (χ2v) is 3.94. The normalized spacial score (nSPS) is 12.6. The van der Waals surface area contributed by atoms with Gasteiger partial charge in [-0.1, -0.05) is 17.7 Å². The van der Waals surface area contributed by atoms with E-state index in [1.807, 2.05) is 24.1 Å². The Hall–Kier alpha value is -0.770. The lowest BCUT2D eigenvalue weighted by Gasteiger charge is -2.20. The maximum absolute atomic E-state index is 9.37. The first-order chi connectivity index (χ1) is 7.06. The van der Waals surface area contributed by atoms with E-state index in [9.17, 15) is 5.11 Å². The number of aliphatic hydroxyl groups is 2. The number of aliphatic hydroxyl groups excluding tert-OH is 2. The first-order valence-electron chi connectivity index (χ1n) is 4.85. The van der Waals surface area contributed by atoms with Crippen LogP contribution in [0, 0.1) is 0 Å². The Kier molecular flexibility index (Phi) is 4.39. The van der Waals surface area contributed by atoms with Gasteiger partial charge in [0.25, 0.3) is 0 Å². The summed E-state index contributed by atoms with van der Waals surface area (Å²) in [7, 11) is 1.86. The molecule has 0 amide bonds. The molecule has 0 aliphatic rings. The Morgan fingerprint density at radius 3 is 2.60 bits per heavy atom. The molecule has 4 heteroatoms. The molecule has 1 rings (SSSR count). The van der Waals surface area contributed by atoms with Crippen molar-refractivity contribution in [1.82, 2.24) is 0 Å². The van der Waals surface area contributed by atoms with Crippen LogP contribution in [0.5, 0.6) is 0 Å². The molecule has 0 saturated heterocycles. The van der Waals surface area contributed by atoms with Crippen molar-refractivity contribution in [2.24, 2.45) is 0 Å². The van der Waals surface area contributed by atoms with Crippen molar-refractivity contribution in [3.05, 3.63) is 28.8 Å². The summed E-state index contributed by atoms with van der Waals surface area (Å²) in [6, 6.07) is 5.43. The third kappa shape index (κ3) is 3.09. The van der Waals surface area contributed by atoms with Crippen LogP contribution in [0.1, 0.15) is 18.6 Å². The van der Waals surface area contributed by atoms with Crippen LogP contribution in [-0.2, 0) is 0 Å². The fourth-order valence-electron chi connectivity index (χ4n) is 1.36. The zero-order valence-electron chi connectivity index (χ0n) is 8.94. The van der Waals surface area contributed by atoms with Gasteiger partial charge in [-0.25, -0.2) is 0 Å². The number of hydrogen-bond donors (Lipinski definition) is 2. The number of hydrogen-bond acceptors (Lipinski definition) is 3. The van der Waals surface area contributed by atoms with E-state index in [4.69, 9.17) is 16.7 Å². The summed E-state index contributed by atoms with van der Waals surface area (Å²) in [5.41, 5.74) is 1.65. The second kappa shape index (κ2) is 5.35. The van der Waals surface area contributed by atoms with Crippen molar-refractivity contribution in [2.45, 2.75) is 13.0 Å². The van der Waals surface area contributed by atoms with Gasteiger partial charge in [-0.2, -0.15) is 0 Å². The number of rotatable bonds is 4. The second-order valence-electron chi connectivity index (χ2n) is 3.53. The van der Waals surface area contributed by atoms with Gasteiger partial charge in [0.05, 0.1) is 23.4 Å². The third-order valence-electron chi connectivity index (χ3n) is 2.30. The number of halogens is 1. The first kappa shape index (κ1) is 12.3. The monoisotopic (exact) mass is 229 g/mol. The third-order valence-corrected chi connectivity index (χ3v) is 2.60. The van der Waals surface area contributed by atoms with Gasteiger partial charge >= 0.3 is 0 Å². The molecule has 15 heavy (non-hydrogen) atoms. The van der Waals surface area contributed by atoms with E-state index < -0.39 is 6.10 Å². The maximum atomic E-state index is 9.37. The topological polar surface area (TPSA) is 43.7 Å². The van der Waals surface area contributed by atoms with E-state index >= 15 is 0 Å². The van der Waals surface area contributed by atoms with Gasteiger partial charge in [0.1, 0.15) is 0 Å². The molecule has 1 atom stereocenters. The predicted molar refractivity (Wildman–Crippen MR) is 62.4 cm³/mol. The van der Waals surface area contributed by atoms with Gasteiger partial charge in [0.2, 0.25) is 0 Å². The molecular weight excluding hydrogens is 214 g/mol. The van der Waals surface area contributed by atoms with E-state index in [2.05, 4.69) is 0 Å². The highest BCUT2D eigenvalue weighted by atomic mass is 35.5. The number of anilines is 1. The molecule has 1 unspecified atom stereocenters. The molecule has 3 nitrogen and oxygen atoms in total. The molecule has 0 radical (unpaired) electrons. The van der Waals surface area contributed by atoms with Crippen LogP contribution in [0.15, 0.2) is 18.2 Å². The average molecular weight is 230 g/mol. The highest BCUT2D eigenvalue weighted by Crippen LogP contribution is 2.28. The first-order valence-corrected chi connectivity index (χ1v) is 5.23. The van der Waals surface area contributed by atoms with Crippen LogP contribution in [0.4, 0.5) is 5.69 Å². The van der Waals surface area contributed by atoms with E-state index in [1.165, 1.54) is 0 Å². The lowest BCUT2D eigenvalue weighted by atomic mass is 10.1. The zero-order valence-corrected chi connectivity index (χ0v) is 9.70. The Bertz CT molecular complexity index is 328. The molecule has 1 aromatic carbocycles. The fourth-order valence-corrected chi connectivity index (χ4v) is 1.70. The highest BCUT2D eigenvalue weighted by Gasteiger charge is 2.08. The predicted octanol–water partition coefficient (Wildman–Crippen LogP) is 1.82. The molecule has 0 heterocycles. The Balaban J connectivity index is 2.92.